The van der Waals surface area contributed by atoms with Gasteiger partial charge in [0.1, 0.15) is 16.9 Å². The first kappa shape index (κ1) is 12.3. The first-order valence-electron chi connectivity index (χ1n) is 5.67. The van der Waals surface area contributed by atoms with Crippen molar-refractivity contribution in [3.63, 3.8) is 0 Å². The van der Waals surface area contributed by atoms with Crippen LogP contribution in [0.15, 0.2) is 24.3 Å². The van der Waals surface area contributed by atoms with Gasteiger partial charge in [-0.25, -0.2) is 8.78 Å². The Morgan fingerprint density at radius 3 is 2.53 bits per heavy atom. The van der Waals surface area contributed by atoms with Crippen LogP contribution in [0.1, 0.15) is 25.8 Å². The maximum absolute atomic E-state index is 13.5. The van der Waals surface area contributed by atoms with Gasteiger partial charge >= 0.3 is 0 Å². The third-order valence-electron chi connectivity index (χ3n) is 3.28. The van der Waals surface area contributed by atoms with Crippen molar-refractivity contribution in [1.29, 1.82) is 0 Å². The second kappa shape index (κ2) is 3.95. The van der Waals surface area contributed by atoms with Crippen LogP contribution in [0.2, 0.25) is 0 Å². The molecule has 0 fully saturated rings. The lowest BCUT2D eigenvalue weighted by Crippen LogP contribution is -2.55. The van der Waals surface area contributed by atoms with E-state index in [0.717, 1.165) is 0 Å². The molecule has 2 rings (SSSR count). The SMILES string of the molecule is CNC1(C(F)F)CC(C)(C)Oc2ccccc21. The predicted molar refractivity (Wildman–Crippen MR) is 62.5 cm³/mol. The van der Waals surface area contributed by atoms with Crippen LogP contribution >= 0.6 is 0 Å². The molecule has 2 nitrogen and oxygen atoms in total. The van der Waals surface area contributed by atoms with Gasteiger partial charge in [0.2, 0.25) is 0 Å². The van der Waals surface area contributed by atoms with Crippen molar-refractivity contribution < 1.29 is 13.5 Å². The van der Waals surface area contributed by atoms with Gasteiger partial charge in [0.15, 0.2) is 0 Å². The molecule has 0 radical (unpaired) electrons. The van der Waals surface area contributed by atoms with E-state index < -0.39 is 17.6 Å². The smallest absolute Gasteiger partial charge is 0.260 e. The summed E-state index contributed by atoms with van der Waals surface area (Å²) in [5, 5.41) is 2.80. The number of rotatable bonds is 2. The maximum Gasteiger partial charge on any atom is 0.260 e. The summed E-state index contributed by atoms with van der Waals surface area (Å²) >= 11 is 0. The highest BCUT2D eigenvalue weighted by Gasteiger charge is 2.50. The van der Waals surface area contributed by atoms with Crippen molar-refractivity contribution >= 4 is 0 Å². The lowest BCUT2D eigenvalue weighted by molar-refractivity contribution is -0.0436. The number of ether oxygens (including phenoxy) is 1. The summed E-state index contributed by atoms with van der Waals surface area (Å²) in [7, 11) is 1.57. The number of benzene rings is 1. The van der Waals surface area contributed by atoms with Gasteiger partial charge in [0, 0.05) is 12.0 Å². The Labute approximate surface area is 100.0 Å². The van der Waals surface area contributed by atoms with Crippen LogP contribution < -0.4 is 10.1 Å². The molecule has 1 heterocycles. The van der Waals surface area contributed by atoms with Crippen LogP contribution in [-0.2, 0) is 5.54 Å². The summed E-state index contributed by atoms with van der Waals surface area (Å²) in [6.45, 7) is 3.66. The molecule has 4 heteroatoms. The van der Waals surface area contributed by atoms with E-state index in [4.69, 9.17) is 4.74 Å². The van der Waals surface area contributed by atoms with Crippen LogP contribution in [-0.4, -0.2) is 19.1 Å². The Morgan fingerprint density at radius 2 is 1.94 bits per heavy atom. The quantitative estimate of drug-likeness (QED) is 0.859. The molecule has 1 aliphatic rings. The van der Waals surface area contributed by atoms with Gasteiger partial charge in [-0.05, 0) is 27.0 Å². The van der Waals surface area contributed by atoms with E-state index in [1.165, 1.54) is 0 Å². The van der Waals surface area contributed by atoms with E-state index in [9.17, 15) is 8.78 Å². The number of para-hydroxylation sites is 1. The van der Waals surface area contributed by atoms with Gasteiger partial charge < -0.3 is 10.1 Å². The molecule has 0 saturated heterocycles. The highest BCUT2D eigenvalue weighted by Crippen LogP contribution is 2.46. The van der Waals surface area contributed by atoms with Gasteiger partial charge in [0.05, 0.1) is 0 Å². The van der Waals surface area contributed by atoms with Crippen LogP contribution in [0.3, 0.4) is 0 Å². The zero-order valence-corrected chi connectivity index (χ0v) is 10.3. The number of hydrogen-bond donors (Lipinski definition) is 1. The molecule has 0 bridgehead atoms. The van der Waals surface area contributed by atoms with Gasteiger partial charge in [-0.2, -0.15) is 0 Å². The lowest BCUT2D eigenvalue weighted by atomic mass is 9.78. The van der Waals surface area contributed by atoms with Crippen LogP contribution in [0.25, 0.3) is 0 Å². The molecular formula is C13H17F2NO. The maximum atomic E-state index is 13.5. The summed E-state index contributed by atoms with van der Waals surface area (Å²) in [5.74, 6) is 0.540. The number of fused-ring (bicyclic) bond motifs is 1. The number of alkyl halides is 2. The van der Waals surface area contributed by atoms with Gasteiger partial charge in [-0.1, -0.05) is 18.2 Å². The molecule has 1 aromatic rings. The summed E-state index contributed by atoms with van der Waals surface area (Å²) in [6.07, 6.45) is -2.23. The summed E-state index contributed by atoms with van der Waals surface area (Å²) in [5.41, 5.74) is -1.39. The molecular weight excluding hydrogens is 224 g/mol. The number of hydrogen-bond acceptors (Lipinski definition) is 2. The van der Waals surface area contributed by atoms with Gasteiger partial charge in [-0.15, -0.1) is 0 Å². The van der Waals surface area contributed by atoms with Gasteiger partial charge in [-0.3, -0.25) is 0 Å². The molecule has 0 aromatic heterocycles. The predicted octanol–water partition coefficient (Wildman–Crippen LogP) is 2.93. The average molecular weight is 241 g/mol. The van der Waals surface area contributed by atoms with Crippen LogP contribution in [0.4, 0.5) is 8.78 Å². The van der Waals surface area contributed by atoms with Crippen molar-refractivity contribution in [2.24, 2.45) is 0 Å². The lowest BCUT2D eigenvalue weighted by Gasteiger charge is -2.45. The molecule has 1 N–H and O–H groups in total. The fraction of sp³-hybridized carbons (Fsp3) is 0.538. The van der Waals surface area contributed by atoms with Crippen LogP contribution in [0.5, 0.6) is 5.75 Å². The van der Waals surface area contributed by atoms with Crippen LogP contribution in [0, 0.1) is 0 Å². The fourth-order valence-electron chi connectivity index (χ4n) is 2.55. The van der Waals surface area contributed by atoms with Crippen molar-refractivity contribution in [3.05, 3.63) is 29.8 Å². The van der Waals surface area contributed by atoms with Crippen molar-refractivity contribution in [1.82, 2.24) is 5.32 Å². The van der Waals surface area contributed by atoms with Crippen molar-refractivity contribution in [3.8, 4) is 5.75 Å². The van der Waals surface area contributed by atoms with E-state index in [0.29, 0.717) is 11.3 Å². The molecule has 1 atom stereocenters. The second-order valence-electron chi connectivity index (χ2n) is 5.06. The normalized spacial score (nSPS) is 26.5. The second-order valence-corrected chi connectivity index (χ2v) is 5.06. The molecule has 17 heavy (non-hydrogen) atoms. The molecule has 0 aliphatic carbocycles. The third-order valence-corrected chi connectivity index (χ3v) is 3.28. The summed E-state index contributed by atoms with van der Waals surface area (Å²) in [6, 6.07) is 7.00. The average Bonchev–Trinajstić information content (AvgIpc) is 2.26. The van der Waals surface area contributed by atoms with Gasteiger partial charge in [0.25, 0.3) is 6.43 Å². The fourth-order valence-corrected chi connectivity index (χ4v) is 2.55. The highest BCUT2D eigenvalue weighted by molar-refractivity contribution is 5.42. The van der Waals surface area contributed by atoms with Crippen molar-refractivity contribution in [2.75, 3.05) is 7.05 Å². The monoisotopic (exact) mass is 241 g/mol. The zero-order chi connectivity index (χ0) is 12.7. The number of nitrogens with one attached hydrogen (secondary N) is 1. The summed E-state index contributed by atoms with van der Waals surface area (Å²) < 4.78 is 32.7. The Morgan fingerprint density at radius 1 is 1.29 bits per heavy atom. The minimum atomic E-state index is -2.48. The Bertz CT molecular complexity index is 420. The molecule has 1 aliphatic heterocycles. The number of halogens is 2. The highest BCUT2D eigenvalue weighted by atomic mass is 19.3. The molecule has 1 unspecified atom stereocenters. The van der Waals surface area contributed by atoms with E-state index >= 15 is 0 Å². The Balaban J connectivity index is 2.60. The standard InChI is InChI=1S/C13H17F2NO/c1-12(2)8-13(16-3,11(14)15)9-6-4-5-7-10(9)17-12/h4-7,11,16H,8H2,1-3H3. The molecule has 0 saturated carbocycles. The third kappa shape index (κ3) is 1.90. The Hall–Kier alpha value is -1.16. The molecule has 0 spiro atoms. The van der Waals surface area contributed by atoms with Crippen molar-refractivity contribution in [2.45, 2.75) is 37.8 Å². The first-order valence-corrected chi connectivity index (χ1v) is 5.67. The van der Waals surface area contributed by atoms with E-state index in [1.54, 1.807) is 31.3 Å². The summed E-state index contributed by atoms with van der Waals surface area (Å²) in [4.78, 5) is 0. The largest absolute Gasteiger partial charge is 0.487 e. The topological polar surface area (TPSA) is 21.3 Å². The van der Waals surface area contributed by atoms with E-state index in [2.05, 4.69) is 5.32 Å². The Kier molecular flexibility index (Phi) is 2.86. The molecule has 0 amide bonds. The molecule has 1 aromatic carbocycles. The minimum Gasteiger partial charge on any atom is -0.487 e. The zero-order valence-electron chi connectivity index (χ0n) is 10.3. The first-order chi connectivity index (χ1) is 7.91. The van der Waals surface area contributed by atoms with E-state index in [-0.39, 0.29) is 6.42 Å². The van der Waals surface area contributed by atoms with E-state index in [1.807, 2.05) is 13.8 Å². The molecule has 94 valence electrons. The minimum absolute atomic E-state index is 0.241.